The first-order valence-corrected chi connectivity index (χ1v) is 8.59. The average molecular weight is 335 g/mol. The smallest absolute Gasteiger partial charge is 0.167 e. The number of aliphatic hydroxyl groups is 2. The van der Waals surface area contributed by atoms with E-state index in [0.29, 0.717) is 28.6 Å². The predicted molar refractivity (Wildman–Crippen MR) is 86.6 cm³/mol. The first kappa shape index (κ1) is 13.9. The van der Waals surface area contributed by atoms with Gasteiger partial charge in [-0.15, -0.1) is 23.1 Å². The highest BCUT2D eigenvalue weighted by atomic mass is 32.2. The maximum atomic E-state index is 10.3. The Balaban J connectivity index is 1.98. The predicted octanol–water partition coefficient (Wildman–Crippen LogP) is 1.10. The van der Waals surface area contributed by atoms with E-state index in [1.54, 1.807) is 11.3 Å². The van der Waals surface area contributed by atoms with Crippen LogP contribution in [0, 0.1) is 0 Å². The van der Waals surface area contributed by atoms with Crippen molar-refractivity contribution in [2.75, 3.05) is 11.5 Å². The summed E-state index contributed by atoms with van der Waals surface area (Å²) in [5.41, 5.74) is 7.00. The lowest BCUT2D eigenvalue weighted by Crippen LogP contribution is -2.28. The Morgan fingerprint density at radius 3 is 2.86 bits per heavy atom. The number of fused-ring (bicyclic) bond motifs is 1. The largest absolute Gasteiger partial charge is 0.389 e. The molecule has 3 aromatic heterocycles. The van der Waals surface area contributed by atoms with Crippen LogP contribution in [0.2, 0.25) is 0 Å². The molecule has 9 heteroatoms. The van der Waals surface area contributed by atoms with E-state index in [1.165, 1.54) is 18.1 Å². The van der Waals surface area contributed by atoms with Crippen molar-refractivity contribution in [3.05, 3.63) is 23.8 Å². The zero-order valence-electron chi connectivity index (χ0n) is 11.3. The topological polar surface area (TPSA) is 110 Å². The normalized spacial score (nSPS) is 25.1. The first-order valence-electron chi connectivity index (χ1n) is 6.67. The Hall–Kier alpha value is -1.68. The second-order valence-corrected chi connectivity index (χ2v) is 7.09. The third kappa shape index (κ3) is 2.01. The van der Waals surface area contributed by atoms with Crippen molar-refractivity contribution in [2.45, 2.75) is 17.6 Å². The molecule has 1 aliphatic rings. The minimum absolute atomic E-state index is 0.305. The van der Waals surface area contributed by atoms with Gasteiger partial charge in [-0.1, -0.05) is 6.07 Å². The molecule has 3 aromatic rings. The van der Waals surface area contributed by atoms with Crippen LogP contribution in [-0.2, 0) is 0 Å². The molecule has 4 rings (SSSR count). The number of anilines is 1. The maximum absolute atomic E-state index is 10.3. The van der Waals surface area contributed by atoms with Gasteiger partial charge in [-0.05, 0) is 11.4 Å². The molecule has 0 radical (unpaired) electrons. The third-order valence-corrected chi connectivity index (χ3v) is 5.86. The van der Waals surface area contributed by atoms with Crippen molar-refractivity contribution < 1.29 is 10.2 Å². The molecule has 4 heterocycles. The highest BCUT2D eigenvalue weighted by Gasteiger charge is 2.38. The van der Waals surface area contributed by atoms with Crippen LogP contribution in [0.4, 0.5) is 5.82 Å². The van der Waals surface area contributed by atoms with Crippen LogP contribution >= 0.6 is 23.1 Å². The molecule has 1 saturated heterocycles. The van der Waals surface area contributed by atoms with E-state index >= 15 is 0 Å². The van der Waals surface area contributed by atoms with Gasteiger partial charge in [-0.3, -0.25) is 4.57 Å². The summed E-state index contributed by atoms with van der Waals surface area (Å²) in [4.78, 5) is 13.8. The van der Waals surface area contributed by atoms with Crippen molar-refractivity contribution in [1.29, 1.82) is 0 Å². The molecule has 4 N–H and O–H groups in total. The van der Waals surface area contributed by atoms with Gasteiger partial charge in [0.05, 0.1) is 11.0 Å². The maximum Gasteiger partial charge on any atom is 0.167 e. The summed E-state index contributed by atoms with van der Waals surface area (Å²) in [5, 5.41) is 21.7. The van der Waals surface area contributed by atoms with Crippen LogP contribution in [-0.4, -0.2) is 47.7 Å². The minimum Gasteiger partial charge on any atom is -0.389 e. The van der Waals surface area contributed by atoms with E-state index in [0.717, 1.165) is 4.88 Å². The molecule has 3 atom stereocenters. The number of hydrogen-bond donors (Lipinski definition) is 3. The summed E-state index contributed by atoms with van der Waals surface area (Å²) in [5.74, 6) is 1.46. The van der Waals surface area contributed by atoms with Crippen LogP contribution < -0.4 is 5.73 Å². The fourth-order valence-electron chi connectivity index (χ4n) is 2.56. The SMILES string of the molecule is Nc1ncnc2c1nc(-c1cccs1)n2[C@@H]1SC[C@@H](O)[C@H]1O. The van der Waals surface area contributed by atoms with E-state index < -0.39 is 12.2 Å². The fourth-order valence-corrected chi connectivity index (χ4v) is 4.59. The average Bonchev–Trinajstić information content (AvgIpc) is 3.20. The number of imidazole rings is 1. The summed E-state index contributed by atoms with van der Waals surface area (Å²) in [6, 6.07) is 3.89. The van der Waals surface area contributed by atoms with Crippen molar-refractivity contribution in [2.24, 2.45) is 0 Å². The summed E-state index contributed by atoms with van der Waals surface area (Å²) >= 11 is 3.02. The fraction of sp³-hybridized carbons (Fsp3) is 0.308. The minimum atomic E-state index is -0.877. The molecule has 0 spiro atoms. The number of rotatable bonds is 2. The molecule has 0 aliphatic carbocycles. The lowest BCUT2D eigenvalue weighted by atomic mass is 10.2. The molecule has 0 saturated carbocycles. The van der Waals surface area contributed by atoms with Gasteiger partial charge < -0.3 is 15.9 Å². The van der Waals surface area contributed by atoms with Crippen LogP contribution in [0.5, 0.6) is 0 Å². The van der Waals surface area contributed by atoms with Crippen molar-refractivity contribution >= 4 is 40.1 Å². The molecular formula is C13H13N5O2S2. The Bertz CT molecular complexity index is 819. The van der Waals surface area contributed by atoms with E-state index in [2.05, 4.69) is 15.0 Å². The standard InChI is InChI=1S/C13H13N5O2S2/c14-10-8-12(16-5-15-10)18(13-9(20)6(19)4-22-13)11(17-8)7-2-1-3-21-7/h1-3,5-6,9,13,19-20H,4H2,(H2,14,15,16)/t6-,9-,13-/m1/s1. The Morgan fingerprint density at radius 2 is 2.18 bits per heavy atom. The number of nitrogens with two attached hydrogens (primary N) is 1. The summed E-state index contributed by atoms with van der Waals surface area (Å²) < 4.78 is 1.85. The van der Waals surface area contributed by atoms with Gasteiger partial charge in [0.2, 0.25) is 0 Å². The van der Waals surface area contributed by atoms with E-state index in [-0.39, 0.29) is 5.37 Å². The molecule has 1 aliphatic heterocycles. The number of aromatic nitrogens is 4. The summed E-state index contributed by atoms with van der Waals surface area (Å²) in [6.07, 6.45) is -0.253. The summed E-state index contributed by atoms with van der Waals surface area (Å²) in [7, 11) is 0. The van der Waals surface area contributed by atoms with Crippen LogP contribution in [0.1, 0.15) is 5.37 Å². The number of thioether (sulfide) groups is 1. The third-order valence-electron chi connectivity index (χ3n) is 3.63. The zero-order valence-corrected chi connectivity index (χ0v) is 13.0. The van der Waals surface area contributed by atoms with E-state index in [1.807, 2.05) is 22.1 Å². The monoisotopic (exact) mass is 335 g/mol. The van der Waals surface area contributed by atoms with Gasteiger partial charge >= 0.3 is 0 Å². The quantitative estimate of drug-likeness (QED) is 0.643. The van der Waals surface area contributed by atoms with Gasteiger partial charge in [0.1, 0.15) is 17.8 Å². The van der Waals surface area contributed by atoms with E-state index in [4.69, 9.17) is 5.73 Å². The highest BCUT2D eigenvalue weighted by molar-refractivity contribution is 7.99. The second kappa shape index (κ2) is 5.20. The Morgan fingerprint density at radius 1 is 1.32 bits per heavy atom. The molecule has 22 heavy (non-hydrogen) atoms. The molecule has 0 amide bonds. The lowest BCUT2D eigenvalue weighted by Gasteiger charge is -2.19. The van der Waals surface area contributed by atoms with Crippen molar-refractivity contribution in [3.63, 3.8) is 0 Å². The molecular weight excluding hydrogens is 322 g/mol. The highest BCUT2D eigenvalue weighted by Crippen LogP contribution is 2.42. The second-order valence-electron chi connectivity index (χ2n) is 5.00. The Labute approximate surface area is 133 Å². The molecule has 7 nitrogen and oxygen atoms in total. The van der Waals surface area contributed by atoms with Crippen molar-refractivity contribution in [3.8, 4) is 10.7 Å². The number of nitrogen functional groups attached to an aromatic ring is 1. The van der Waals surface area contributed by atoms with Crippen LogP contribution in [0.3, 0.4) is 0 Å². The number of nitrogens with zero attached hydrogens (tertiary/aromatic N) is 4. The number of hydrogen-bond acceptors (Lipinski definition) is 8. The zero-order chi connectivity index (χ0) is 15.3. The molecule has 0 unspecified atom stereocenters. The molecule has 0 bridgehead atoms. The Kier molecular flexibility index (Phi) is 3.30. The molecule has 0 aromatic carbocycles. The van der Waals surface area contributed by atoms with Gasteiger partial charge in [-0.2, -0.15) is 0 Å². The van der Waals surface area contributed by atoms with E-state index in [9.17, 15) is 10.2 Å². The first-order chi connectivity index (χ1) is 10.7. The van der Waals surface area contributed by atoms with Gasteiger partial charge in [0.25, 0.3) is 0 Å². The van der Waals surface area contributed by atoms with Gasteiger partial charge in [-0.25, -0.2) is 15.0 Å². The van der Waals surface area contributed by atoms with Gasteiger partial charge in [0, 0.05) is 5.75 Å². The van der Waals surface area contributed by atoms with Crippen molar-refractivity contribution in [1.82, 2.24) is 19.5 Å². The van der Waals surface area contributed by atoms with Crippen LogP contribution in [0.15, 0.2) is 23.8 Å². The van der Waals surface area contributed by atoms with Gasteiger partial charge in [0.15, 0.2) is 22.8 Å². The number of aliphatic hydroxyl groups excluding tert-OH is 2. The van der Waals surface area contributed by atoms with Crippen LogP contribution in [0.25, 0.3) is 21.9 Å². The summed E-state index contributed by atoms with van der Waals surface area (Å²) in [6.45, 7) is 0. The molecule has 1 fully saturated rings. The lowest BCUT2D eigenvalue weighted by molar-refractivity contribution is 0.0316. The number of thiophene rings is 1. The molecule has 114 valence electrons.